The lowest BCUT2D eigenvalue weighted by Gasteiger charge is -2.09. The molecule has 0 saturated heterocycles. The van der Waals surface area contributed by atoms with Crippen LogP contribution in [0.2, 0.25) is 0 Å². The second-order valence-corrected chi connectivity index (χ2v) is 6.15. The molecule has 6 heteroatoms. The average molecular weight is 348 g/mol. The Morgan fingerprint density at radius 1 is 1.08 bits per heavy atom. The summed E-state index contributed by atoms with van der Waals surface area (Å²) < 4.78 is 15.1. The first-order valence-corrected chi connectivity index (χ1v) is 8.38. The summed E-state index contributed by atoms with van der Waals surface area (Å²) in [5, 5.41) is 12.5. The molecule has 0 spiro atoms. The third-order valence-corrected chi connectivity index (χ3v) is 4.57. The van der Waals surface area contributed by atoms with E-state index < -0.39 is 0 Å². The molecule has 0 aliphatic carbocycles. The van der Waals surface area contributed by atoms with E-state index in [1.807, 2.05) is 32.2 Å². The van der Waals surface area contributed by atoms with Crippen molar-refractivity contribution in [2.24, 2.45) is 7.05 Å². The topological polar surface area (TPSA) is 63.6 Å². The number of nitrogens with zero attached hydrogens (tertiary/aromatic N) is 3. The van der Waals surface area contributed by atoms with Gasteiger partial charge < -0.3 is 0 Å². The minimum atomic E-state index is -0.277. The zero-order chi connectivity index (χ0) is 18.3. The van der Waals surface area contributed by atoms with Crippen LogP contribution in [0.3, 0.4) is 0 Å². The Balaban J connectivity index is 1.94. The molecule has 2 aromatic heterocycles. The van der Waals surface area contributed by atoms with Crippen molar-refractivity contribution in [3.63, 3.8) is 0 Å². The van der Waals surface area contributed by atoms with Crippen molar-refractivity contribution in [3.05, 3.63) is 70.5 Å². The van der Waals surface area contributed by atoms with Crippen LogP contribution in [0.15, 0.2) is 53.5 Å². The second-order valence-electron chi connectivity index (χ2n) is 6.15. The Labute approximate surface area is 149 Å². The quantitative estimate of drug-likeness (QED) is 0.614. The summed E-state index contributed by atoms with van der Waals surface area (Å²) >= 11 is 0. The molecule has 0 bridgehead atoms. The molecule has 4 aromatic rings. The first-order chi connectivity index (χ1) is 12.6. The number of aryl methyl sites for hydroxylation is 2. The van der Waals surface area contributed by atoms with Crippen molar-refractivity contribution < 1.29 is 4.39 Å². The number of benzene rings is 2. The molecule has 0 unspecified atom stereocenters. The monoisotopic (exact) mass is 348 g/mol. The minimum Gasteiger partial charge on any atom is -0.267 e. The summed E-state index contributed by atoms with van der Waals surface area (Å²) in [6.07, 6.45) is 2.50. The molecule has 26 heavy (non-hydrogen) atoms. The molecule has 2 heterocycles. The molecule has 1 N–H and O–H groups in total. The highest BCUT2D eigenvalue weighted by atomic mass is 19.1. The predicted octanol–water partition coefficient (Wildman–Crippen LogP) is 3.69. The lowest BCUT2D eigenvalue weighted by atomic mass is 9.98. The smallest absolute Gasteiger partial charge is 0.267 e. The minimum absolute atomic E-state index is 0.200. The largest absolute Gasteiger partial charge is 0.272 e. The fourth-order valence-electron chi connectivity index (χ4n) is 3.26. The highest BCUT2D eigenvalue weighted by Crippen LogP contribution is 2.33. The summed E-state index contributed by atoms with van der Waals surface area (Å²) in [4.78, 5) is 12.0. The Kier molecular flexibility index (Phi) is 3.88. The third-order valence-electron chi connectivity index (χ3n) is 4.57. The number of H-pyrrole nitrogens is 1. The van der Waals surface area contributed by atoms with Gasteiger partial charge in [0.2, 0.25) is 0 Å². The lowest BCUT2D eigenvalue weighted by Crippen LogP contribution is -2.10. The van der Waals surface area contributed by atoms with Gasteiger partial charge in [0, 0.05) is 23.6 Å². The number of aromatic amines is 1. The van der Waals surface area contributed by atoms with Crippen molar-refractivity contribution in [2.75, 3.05) is 0 Å². The van der Waals surface area contributed by atoms with Crippen molar-refractivity contribution in [1.29, 1.82) is 0 Å². The van der Waals surface area contributed by atoms with Gasteiger partial charge in [-0.1, -0.05) is 13.0 Å². The van der Waals surface area contributed by atoms with Crippen LogP contribution < -0.4 is 5.56 Å². The van der Waals surface area contributed by atoms with Crippen LogP contribution >= 0.6 is 0 Å². The number of nitrogens with one attached hydrogen (secondary N) is 1. The number of halogens is 1. The molecular formula is C20H17FN4O. The Hall–Kier alpha value is -3.28. The van der Waals surface area contributed by atoms with E-state index in [4.69, 9.17) is 0 Å². The highest BCUT2D eigenvalue weighted by Gasteiger charge is 2.15. The van der Waals surface area contributed by atoms with Crippen molar-refractivity contribution in [2.45, 2.75) is 13.3 Å². The van der Waals surface area contributed by atoms with E-state index >= 15 is 0 Å². The molecule has 0 saturated carbocycles. The van der Waals surface area contributed by atoms with Gasteiger partial charge in [-0.2, -0.15) is 10.2 Å². The van der Waals surface area contributed by atoms with Gasteiger partial charge in [-0.15, -0.1) is 0 Å². The van der Waals surface area contributed by atoms with Crippen molar-refractivity contribution in [1.82, 2.24) is 20.0 Å². The second kappa shape index (κ2) is 6.22. The molecule has 0 aliphatic rings. The molecular weight excluding hydrogens is 331 g/mol. The third kappa shape index (κ3) is 2.60. The maximum absolute atomic E-state index is 13.3. The van der Waals surface area contributed by atoms with E-state index in [1.54, 1.807) is 23.0 Å². The van der Waals surface area contributed by atoms with E-state index in [-0.39, 0.29) is 11.4 Å². The van der Waals surface area contributed by atoms with Crippen LogP contribution in [0.5, 0.6) is 0 Å². The van der Waals surface area contributed by atoms with Gasteiger partial charge in [-0.05, 0) is 48.4 Å². The Morgan fingerprint density at radius 3 is 2.54 bits per heavy atom. The molecule has 2 aromatic carbocycles. The van der Waals surface area contributed by atoms with Crippen molar-refractivity contribution >= 4 is 10.8 Å². The van der Waals surface area contributed by atoms with Crippen LogP contribution in [0.1, 0.15) is 12.6 Å². The van der Waals surface area contributed by atoms with Gasteiger partial charge in [-0.3, -0.25) is 9.48 Å². The van der Waals surface area contributed by atoms with E-state index in [0.717, 1.165) is 33.5 Å². The van der Waals surface area contributed by atoms with Crippen molar-refractivity contribution in [3.8, 4) is 22.4 Å². The van der Waals surface area contributed by atoms with Crippen LogP contribution in [0, 0.1) is 5.82 Å². The van der Waals surface area contributed by atoms with Gasteiger partial charge in [-0.25, -0.2) is 9.49 Å². The van der Waals surface area contributed by atoms with E-state index in [0.29, 0.717) is 11.8 Å². The Morgan fingerprint density at radius 2 is 1.81 bits per heavy atom. The van der Waals surface area contributed by atoms with Gasteiger partial charge >= 0.3 is 0 Å². The number of fused-ring (bicyclic) bond motifs is 1. The van der Waals surface area contributed by atoms with Crippen LogP contribution in [-0.4, -0.2) is 20.0 Å². The first-order valence-electron chi connectivity index (χ1n) is 8.38. The SMILES string of the molecule is CCc1n[nH]c(=O)c2ccc(-c3cnn(C)c3-c3ccc(F)cc3)cc12. The van der Waals surface area contributed by atoms with E-state index in [9.17, 15) is 9.18 Å². The maximum Gasteiger partial charge on any atom is 0.272 e. The predicted molar refractivity (Wildman–Crippen MR) is 99.3 cm³/mol. The molecule has 0 fully saturated rings. The van der Waals surface area contributed by atoms with Gasteiger partial charge in [0.15, 0.2) is 0 Å². The van der Waals surface area contributed by atoms with Crippen LogP contribution in [-0.2, 0) is 13.5 Å². The standard InChI is InChI=1S/C20H17FN4O/c1-3-18-16-10-13(6-9-15(16)20(26)24-23-18)17-11-22-25(2)19(17)12-4-7-14(21)8-5-12/h4-11H,3H2,1-2H3,(H,24,26). The molecule has 0 radical (unpaired) electrons. The number of rotatable bonds is 3. The molecule has 0 aliphatic heterocycles. The maximum atomic E-state index is 13.3. The molecule has 4 rings (SSSR count). The summed E-state index contributed by atoms with van der Waals surface area (Å²) in [6, 6.07) is 12.0. The van der Waals surface area contributed by atoms with Crippen LogP contribution in [0.4, 0.5) is 4.39 Å². The number of hydrogen-bond acceptors (Lipinski definition) is 3. The number of hydrogen-bond donors (Lipinski definition) is 1. The summed E-state index contributed by atoms with van der Waals surface area (Å²) in [6.45, 7) is 2.00. The first kappa shape index (κ1) is 16.2. The van der Waals surface area contributed by atoms with E-state index in [1.165, 1.54) is 12.1 Å². The van der Waals surface area contributed by atoms with Gasteiger partial charge in [0.05, 0.1) is 23.0 Å². The fourth-order valence-corrected chi connectivity index (χ4v) is 3.26. The molecule has 0 atom stereocenters. The number of aromatic nitrogens is 4. The van der Waals surface area contributed by atoms with E-state index in [2.05, 4.69) is 15.3 Å². The zero-order valence-corrected chi connectivity index (χ0v) is 14.5. The fraction of sp³-hybridized carbons (Fsp3) is 0.150. The normalized spacial score (nSPS) is 11.2. The van der Waals surface area contributed by atoms with Gasteiger partial charge in [0.25, 0.3) is 5.56 Å². The average Bonchev–Trinajstić information content (AvgIpc) is 3.04. The highest BCUT2D eigenvalue weighted by molar-refractivity contribution is 5.91. The molecule has 0 amide bonds. The lowest BCUT2D eigenvalue weighted by molar-refractivity contribution is 0.628. The summed E-state index contributed by atoms with van der Waals surface area (Å²) in [5.74, 6) is -0.277. The summed E-state index contributed by atoms with van der Waals surface area (Å²) in [7, 11) is 1.85. The molecule has 130 valence electrons. The van der Waals surface area contributed by atoms with Crippen LogP contribution in [0.25, 0.3) is 33.2 Å². The van der Waals surface area contributed by atoms with Gasteiger partial charge in [0.1, 0.15) is 5.82 Å². The summed E-state index contributed by atoms with van der Waals surface area (Å²) in [5.41, 5.74) is 4.26. The molecule has 5 nitrogen and oxygen atoms in total. The zero-order valence-electron chi connectivity index (χ0n) is 14.5. The Bertz CT molecular complexity index is 1160.